The summed E-state index contributed by atoms with van der Waals surface area (Å²) in [6, 6.07) is 0.197. The van der Waals surface area contributed by atoms with Crippen molar-refractivity contribution in [3.05, 3.63) is 11.8 Å². The molecule has 0 N–H and O–H groups in total. The molecule has 0 radical (unpaired) electrons. The lowest BCUT2D eigenvalue weighted by Crippen LogP contribution is -2.02. The van der Waals surface area contributed by atoms with E-state index >= 15 is 0 Å². The van der Waals surface area contributed by atoms with Gasteiger partial charge >= 0.3 is 12.0 Å². The summed E-state index contributed by atoms with van der Waals surface area (Å²) >= 11 is 0. The van der Waals surface area contributed by atoms with Gasteiger partial charge in [0.2, 0.25) is 5.88 Å². The molecule has 6 nitrogen and oxygen atoms in total. The third-order valence-electron chi connectivity index (χ3n) is 1.87. The lowest BCUT2D eigenvalue weighted by atomic mass is 10.3. The van der Waals surface area contributed by atoms with Gasteiger partial charge in [0.15, 0.2) is 0 Å². The van der Waals surface area contributed by atoms with Crippen molar-refractivity contribution in [1.29, 1.82) is 0 Å². The Morgan fingerprint density at radius 1 is 1.39 bits per heavy atom. The molecule has 1 aromatic rings. The number of hydrogen-bond acceptors (Lipinski definition) is 6. The maximum atomic E-state index is 11.1. The molecule has 0 amide bonds. The summed E-state index contributed by atoms with van der Waals surface area (Å²) in [7, 11) is 2.93. The van der Waals surface area contributed by atoms with Gasteiger partial charge in [0.25, 0.3) is 0 Å². The lowest BCUT2D eigenvalue weighted by Gasteiger charge is -2.03. The smallest absolute Gasteiger partial charge is 0.319 e. The van der Waals surface area contributed by atoms with Gasteiger partial charge in [0.1, 0.15) is 12.0 Å². The van der Waals surface area contributed by atoms with E-state index in [0.717, 1.165) is 0 Å². The Hall–Kier alpha value is -2.29. The van der Waals surface area contributed by atoms with Crippen molar-refractivity contribution in [2.24, 2.45) is 0 Å². The van der Waals surface area contributed by atoms with Gasteiger partial charge in [-0.25, -0.2) is 4.98 Å². The van der Waals surface area contributed by atoms with E-state index in [1.807, 2.05) is 0 Å². The molecule has 0 aliphatic heterocycles. The quantitative estimate of drug-likeness (QED) is 0.581. The summed E-state index contributed by atoms with van der Waals surface area (Å²) in [6.45, 7) is 2.08. The highest BCUT2D eigenvalue weighted by Gasteiger charge is 2.05. The maximum absolute atomic E-state index is 11.1. The van der Waals surface area contributed by atoms with Crippen molar-refractivity contribution < 1.29 is 19.0 Å². The highest BCUT2D eigenvalue weighted by molar-refractivity contribution is 5.72. The van der Waals surface area contributed by atoms with Crippen LogP contribution in [0.15, 0.2) is 6.20 Å². The van der Waals surface area contributed by atoms with Crippen molar-refractivity contribution in [1.82, 2.24) is 9.97 Å². The SMILES string of the molecule is CCOC(=O)CC#Cc1cnc(OC)nc1OC. The second kappa shape index (κ2) is 7.12. The molecular weight excluding hydrogens is 236 g/mol. The van der Waals surface area contributed by atoms with Gasteiger partial charge in [0.05, 0.1) is 27.0 Å². The van der Waals surface area contributed by atoms with Crippen molar-refractivity contribution in [2.45, 2.75) is 13.3 Å². The minimum atomic E-state index is -0.363. The van der Waals surface area contributed by atoms with Crippen LogP contribution in [0.25, 0.3) is 0 Å². The average molecular weight is 250 g/mol. The number of carbonyl (C=O) groups is 1. The minimum absolute atomic E-state index is 0.0169. The molecule has 0 aromatic carbocycles. The first kappa shape index (κ1) is 13.8. The predicted octanol–water partition coefficient (Wildman–Crippen LogP) is 0.798. The zero-order valence-corrected chi connectivity index (χ0v) is 10.5. The van der Waals surface area contributed by atoms with E-state index in [1.54, 1.807) is 6.92 Å². The average Bonchev–Trinajstić information content (AvgIpc) is 2.39. The fraction of sp³-hybridized carbons (Fsp3) is 0.417. The van der Waals surface area contributed by atoms with E-state index in [0.29, 0.717) is 18.1 Å². The minimum Gasteiger partial charge on any atom is -0.480 e. The van der Waals surface area contributed by atoms with Gasteiger partial charge in [-0.05, 0) is 6.92 Å². The molecule has 0 unspecified atom stereocenters. The zero-order valence-electron chi connectivity index (χ0n) is 10.5. The van der Waals surface area contributed by atoms with Gasteiger partial charge in [0, 0.05) is 0 Å². The molecule has 0 fully saturated rings. The summed E-state index contributed by atoms with van der Waals surface area (Å²) < 4.78 is 14.7. The monoisotopic (exact) mass is 250 g/mol. The van der Waals surface area contributed by atoms with Gasteiger partial charge in [-0.15, -0.1) is 0 Å². The van der Waals surface area contributed by atoms with Crippen LogP contribution in [-0.2, 0) is 9.53 Å². The van der Waals surface area contributed by atoms with Crippen LogP contribution in [0.5, 0.6) is 11.9 Å². The van der Waals surface area contributed by atoms with E-state index in [1.165, 1.54) is 20.4 Å². The standard InChI is InChI=1S/C12H14N2O4/c1-4-18-10(15)7-5-6-9-8-13-12(17-3)14-11(9)16-2/h8H,4,7H2,1-3H3. The zero-order chi connectivity index (χ0) is 13.4. The molecule has 18 heavy (non-hydrogen) atoms. The first-order valence-electron chi connectivity index (χ1n) is 5.30. The number of hydrogen-bond donors (Lipinski definition) is 0. The normalized spacial score (nSPS) is 9.06. The van der Waals surface area contributed by atoms with Crippen LogP contribution in [0.2, 0.25) is 0 Å². The number of ether oxygens (including phenoxy) is 3. The molecule has 96 valence electrons. The van der Waals surface area contributed by atoms with Crippen LogP contribution in [0.4, 0.5) is 0 Å². The molecule has 0 atom stereocenters. The largest absolute Gasteiger partial charge is 0.480 e. The molecule has 0 aliphatic rings. The number of rotatable bonds is 4. The van der Waals surface area contributed by atoms with Crippen molar-refractivity contribution in [3.63, 3.8) is 0 Å². The summed E-state index contributed by atoms with van der Waals surface area (Å²) in [5.74, 6) is 5.36. The molecule has 0 aliphatic carbocycles. The van der Waals surface area contributed by atoms with E-state index in [-0.39, 0.29) is 18.4 Å². The molecule has 1 aromatic heterocycles. The third kappa shape index (κ3) is 3.94. The van der Waals surface area contributed by atoms with Crippen molar-refractivity contribution in [3.8, 4) is 23.7 Å². The van der Waals surface area contributed by atoms with Gasteiger partial charge in [-0.1, -0.05) is 11.8 Å². The first-order valence-corrected chi connectivity index (χ1v) is 5.30. The van der Waals surface area contributed by atoms with Crippen LogP contribution < -0.4 is 9.47 Å². The molecular formula is C12H14N2O4. The van der Waals surface area contributed by atoms with Crippen LogP contribution in [-0.4, -0.2) is 36.8 Å². The van der Waals surface area contributed by atoms with Crippen molar-refractivity contribution >= 4 is 5.97 Å². The van der Waals surface area contributed by atoms with E-state index in [2.05, 4.69) is 21.8 Å². The Labute approximate surface area is 105 Å². The highest BCUT2D eigenvalue weighted by Crippen LogP contribution is 2.15. The van der Waals surface area contributed by atoms with Gasteiger partial charge in [-0.3, -0.25) is 4.79 Å². The first-order chi connectivity index (χ1) is 8.71. The maximum Gasteiger partial charge on any atom is 0.319 e. The Kier molecular flexibility index (Phi) is 5.45. The molecule has 1 heterocycles. The predicted molar refractivity (Wildman–Crippen MR) is 63.3 cm³/mol. The van der Waals surface area contributed by atoms with E-state index in [9.17, 15) is 4.79 Å². The van der Waals surface area contributed by atoms with Gasteiger partial charge in [-0.2, -0.15) is 4.98 Å². The number of methoxy groups -OCH3 is 2. The molecule has 6 heteroatoms. The number of esters is 1. The molecule has 0 bridgehead atoms. The van der Waals surface area contributed by atoms with Crippen LogP contribution in [0, 0.1) is 11.8 Å². The number of carbonyl (C=O) groups excluding carboxylic acids is 1. The summed E-state index contributed by atoms with van der Waals surface area (Å²) in [5, 5.41) is 0. The Bertz CT molecular complexity index is 477. The second-order valence-electron chi connectivity index (χ2n) is 3.06. The van der Waals surface area contributed by atoms with Crippen molar-refractivity contribution in [2.75, 3.05) is 20.8 Å². The highest BCUT2D eigenvalue weighted by atomic mass is 16.5. The third-order valence-corrected chi connectivity index (χ3v) is 1.87. The van der Waals surface area contributed by atoms with Crippen LogP contribution in [0.3, 0.4) is 0 Å². The van der Waals surface area contributed by atoms with E-state index < -0.39 is 0 Å². The molecule has 0 saturated heterocycles. The second-order valence-corrected chi connectivity index (χ2v) is 3.06. The number of nitrogens with zero attached hydrogens (tertiary/aromatic N) is 2. The van der Waals surface area contributed by atoms with Crippen LogP contribution in [0.1, 0.15) is 18.9 Å². The fourth-order valence-corrected chi connectivity index (χ4v) is 1.11. The Morgan fingerprint density at radius 2 is 2.17 bits per heavy atom. The lowest BCUT2D eigenvalue weighted by molar-refractivity contribution is -0.141. The number of aromatic nitrogens is 2. The summed E-state index contributed by atoms with van der Waals surface area (Å²) in [5.41, 5.74) is 0.489. The summed E-state index contributed by atoms with van der Waals surface area (Å²) in [4.78, 5) is 19.0. The molecule has 0 saturated carbocycles. The van der Waals surface area contributed by atoms with Crippen LogP contribution >= 0.6 is 0 Å². The molecule has 1 rings (SSSR count). The Balaban J connectivity index is 2.78. The molecule has 0 spiro atoms. The Morgan fingerprint density at radius 3 is 2.78 bits per heavy atom. The summed E-state index contributed by atoms with van der Waals surface area (Å²) in [6.07, 6.45) is 1.49. The van der Waals surface area contributed by atoms with E-state index in [4.69, 9.17) is 14.2 Å². The topological polar surface area (TPSA) is 70.5 Å². The van der Waals surface area contributed by atoms with Gasteiger partial charge < -0.3 is 14.2 Å². The fourth-order valence-electron chi connectivity index (χ4n) is 1.11.